The Labute approximate surface area is 154 Å². The minimum atomic E-state index is 0.0911. The number of likely N-dealkylation sites (N-methyl/N-ethyl adjacent to an activating group) is 1. The third-order valence-electron chi connectivity index (χ3n) is 6.28. The van der Waals surface area contributed by atoms with Gasteiger partial charge in [-0.3, -0.25) is 4.79 Å². The highest BCUT2D eigenvalue weighted by Gasteiger charge is 2.46. The van der Waals surface area contributed by atoms with Gasteiger partial charge < -0.3 is 4.90 Å². The lowest BCUT2D eigenvalue weighted by molar-refractivity contribution is -0.138. The van der Waals surface area contributed by atoms with E-state index in [2.05, 4.69) is 55.6 Å². The van der Waals surface area contributed by atoms with E-state index in [-0.39, 0.29) is 5.41 Å². The molecular weight excluding hydrogens is 326 g/mol. The minimum Gasteiger partial charge on any atom is -0.342 e. The van der Waals surface area contributed by atoms with E-state index in [1.165, 1.54) is 27.1 Å². The number of piperidine rings is 1. The van der Waals surface area contributed by atoms with E-state index in [1.54, 1.807) is 11.8 Å². The molecule has 0 saturated carbocycles. The van der Waals surface area contributed by atoms with Crippen molar-refractivity contribution in [1.29, 1.82) is 0 Å². The Morgan fingerprint density at radius 3 is 2.76 bits per heavy atom. The normalized spacial score (nSPS) is 25.5. The molecule has 1 heterocycles. The van der Waals surface area contributed by atoms with E-state index in [4.69, 9.17) is 0 Å². The molecule has 1 fully saturated rings. The van der Waals surface area contributed by atoms with E-state index < -0.39 is 0 Å². The van der Waals surface area contributed by atoms with Crippen LogP contribution in [0.15, 0.2) is 47.4 Å². The van der Waals surface area contributed by atoms with Gasteiger partial charge in [0.05, 0.1) is 0 Å². The summed E-state index contributed by atoms with van der Waals surface area (Å²) in [5.74, 6) is 0.302. The summed E-state index contributed by atoms with van der Waals surface area (Å²) in [5, 5.41) is 0. The van der Waals surface area contributed by atoms with Gasteiger partial charge in [0.1, 0.15) is 0 Å². The monoisotopic (exact) mass is 351 g/mol. The topological polar surface area (TPSA) is 20.3 Å². The fourth-order valence-corrected chi connectivity index (χ4v) is 5.46. The highest BCUT2D eigenvalue weighted by molar-refractivity contribution is 7.98. The maximum Gasteiger partial charge on any atom is 0.222 e. The number of fused-ring (bicyclic) bond motifs is 3. The van der Waals surface area contributed by atoms with Gasteiger partial charge in [0.25, 0.3) is 0 Å². The van der Waals surface area contributed by atoms with Gasteiger partial charge in [-0.25, -0.2) is 0 Å². The van der Waals surface area contributed by atoms with Crippen molar-refractivity contribution in [1.82, 2.24) is 4.90 Å². The third kappa shape index (κ3) is 2.60. The molecule has 1 amide bonds. The van der Waals surface area contributed by atoms with Crippen LogP contribution in [0.4, 0.5) is 0 Å². The molecule has 0 spiro atoms. The van der Waals surface area contributed by atoms with Gasteiger partial charge in [-0.15, -0.1) is 11.8 Å². The van der Waals surface area contributed by atoms with Crippen molar-refractivity contribution in [2.45, 2.75) is 49.0 Å². The lowest BCUT2D eigenvalue weighted by atomic mass is 9.63. The van der Waals surface area contributed by atoms with Crippen LogP contribution in [0.1, 0.15) is 37.3 Å². The molecule has 0 unspecified atom stereocenters. The quantitative estimate of drug-likeness (QED) is 0.717. The molecule has 1 aliphatic heterocycles. The van der Waals surface area contributed by atoms with Crippen molar-refractivity contribution in [2.75, 3.05) is 13.3 Å². The Hall–Kier alpha value is -1.74. The maximum absolute atomic E-state index is 12.1. The summed E-state index contributed by atoms with van der Waals surface area (Å²) in [4.78, 5) is 15.5. The van der Waals surface area contributed by atoms with Gasteiger partial charge in [0.2, 0.25) is 5.91 Å². The SMILES string of the molecule is CSc1ccccc1-c1ccc2c(c1)CC[C@H]1N(C)C(=O)CC[C@]21C. The minimum absolute atomic E-state index is 0.0911. The molecule has 2 aromatic carbocycles. The van der Waals surface area contributed by atoms with Crippen LogP contribution >= 0.6 is 11.8 Å². The fraction of sp³-hybridized carbons (Fsp3) is 0.409. The van der Waals surface area contributed by atoms with Crippen LogP contribution in [0.3, 0.4) is 0 Å². The van der Waals surface area contributed by atoms with Crippen LogP contribution in [-0.2, 0) is 16.6 Å². The van der Waals surface area contributed by atoms with Crippen molar-refractivity contribution in [3.8, 4) is 11.1 Å². The van der Waals surface area contributed by atoms with E-state index in [0.29, 0.717) is 18.4 Å². The molecule has 0 radical (unpaired) electrons. The lowest BCUT2D eigenvalue weighted by Gasteiger charge is -2.50. The number of amides is 1. The molecule has 0 aromatic heterocycles. The number of nitrogens with zero attached hydrogens (tertiary/aromatic N) is 1. The van der Waals surface area contributed by atoms with Crippen molar-refractivity contribution < 1.29 is 4.79 Å². The molecule has 4 rings (SSSR count). The second-order valence-corrected chi connectivity index (χ2v) is 8.40. The zero-order valence-electron chi connectivity index (χ0n) is 15.2. The largest absolute Gasteiger partial charge is 0.342 e. The Balaban J connectivity index is 1.77. The molecule has 1 saturated heterocycles. The van der Waals surface area contributed by atoms with Crippen LogP contribution in [0.5, 0.6) is 0 Å². The summed E-state index contributed by atoms with van der Waals surface area (Å²) < 4.78 is 0. The average Bonchev–Trinajstić information content (AvgIpc) is 2.64. The van der Waals surface area contributed by atoms with Crippen LogP contribution in [0.2, 0.25) is 0 Å². The second kappa shape index (κ2) is 6.21. The van der Waals surface area contributed by atoms with Crippen molar-refractivity contribution in [3.63, 3.8) is 0 Å². The smallest absolute Gasteiger partial charge is 0.222 e. The molecule has 2 aromatic rings. The number of rotatable bonds is 2. The molecule has 3 heteroatoms. The maximum atomic E-state index is 12.1. The Bertz CT molecular complexity index is 831. The first kappa shape index (κ1) is 16.7. The Kier molecular flexibility index (Phi) is 4.15. The predicted molar refractivity (Wildman–Crippen MR) is 105 cm³/mol. The molecule has 130 valence electrons. The van der Waals surface area contributed by atoms with E-state index >= 15 is 0 Å². The summed E-state index contributed by atoms with van der Waals surface area (Å²) in [6.45, 7) is 2.36. The van der Waals surface area contributed by atoms with Crippen molar-refractivity contribution in [2.24, 2.45) is 0 Å². The Morgan fingerprint density at radius 2 is 1.96 bits per heavy atom. The fourth-order valence-electron chi connectivity index (χ4n) is 4.84. The van der Waals surface area contributed by atoms with E-state index in [9.17, 15) is 4.79 Å². The van der Waals surface area contributed by atoms with Gasteiger partial charge in [0.15, 0.2) is 0 Å². The molecule has 1 aliphatic carbocycles. The van der Waals surface area contributed by atoms with Gasteiger partial charge in [-0.2, -0.15) is 0 Å². The van der Waals surface area contributed by atoms with Gasteiger partial charge >= 0.3 is 0 Å². The van der Waals surface area contributed by atoms with E-state index in [1.807, 2.05) is 11.9 Å². The molecule has 2 nitrogen and oxygen atoms in total. The van der Waals surface area contributed by atoms with Crippen LogP contribution in [0, 0.1) is 0 Å². The van der Waals surface area contributed by atoms with Gasteiger partial charge in [-0.05, 0) is 53.8 Å². The zero-order valence-corrected chi connectivity index (χ0v) is 16.0. The number of thioether (sulfide) groups is 1. The summed E-state index contributed by atoms with van der Waals surface area (Å²) in [7, 11) is 1.98. The number of likely N-dealkylation sites (tertiary alicyclic amines) is 1. The standard InChI is InChI=1S/C22H25NOS/c1-22-13-12-21(24)23(2)20(22)11-9-16-14-15(8-10-18(16)22)17-6-4-5-7-19(17)25-3/h4-8,10,14,20H,9,11-13H2,1-3H3/t20-,22-/m1/s1. The van der Waals surface area contributed by atoms with Gasteiger partial charge in [0, 0.05) is 29.8 Å². The van der Waals surface area contributed by atoms with Crippen LogP contribution in [-0.4, -0.2) is 30.2 Å². The zero-order chi connectivity index (χ0) is 17.6. The number of hydrogen-bond donors (Lipinski definition) is 0. The summed E-state index contributed by atoms with van der Waals surface area (Å²) in [6, 6.07) is 16.0. The first-order chi connectivity index (χ1) is 12.0. The summed E-state index contributed by atoms with van der Waals surface area (Å²) in [6.07, 6.45) is 5.90. The first-order valence-corrected chi connectivity index (χ1v) is 10.3. The second-order valence-electron chi connectivity index (χ2n) is 7.55. The van der Waals surface area contributed by atoms with Crippen molar-refractivity contribution in [3.05, 3.63) is 53.6 Å². The van der Waals surface area contributed by atoms with Gasteiger partial charge in [-0.1, -0.05) is 43.3 Å². The average molecular weight is 352 g/mol. The number of aryl methyl sites for hydroxylation is 1. The molecule has 2 aliphatic rings. The summed E-state index contributed by atoms with van der Waals surface area (Å²) in [5.41, 5.74) is 5.64. The molecule has 0 N–H and O–H groups in total. The summed E-state index contributed by atoms with van der Waals surface area (Å²) >= 11 is 1.80. The van der Waals surface area contributed by atoms with E-state index in [0.717, 1.165) is 19.3 Å². The first-order valence-electron chi connectivity index (χ1n) is 9.07. The Morgan fingerprint density at radius 1 is 1.16 bits per heavy atom. The number of carbonyl (C=O) groups excluding carboxylic acids is 1. The highest BCUT2D eigenvalue weighted by Crippen LogP contribution is 2.46. The third-order valence-corrected chi connectivity index (χ3v) is 7.08. The van der Waals surface area contributed by atoms with Crippen molar-refractivity contribution >= 4 is 17.7 Å². The molecular formula is C22H25NOS. The predicted octanol–water partition coefficient (Wildman–Crippen LogP) is 4.90. The van der Waals surface area contributed by atoms with Crippen LogP contribution in [0.25, 0.3) is 11.1 Å². The number of benzene rings is 2. The lowest BCUT2D eigenvalue weighted by Crippen LogP contribution is -2.56. The molecule has 25 heavy (non-hydrogen) atoms. The number of carbonyl (C=O) groups is 1. The van der Waals surface area contributed by atoms with Crippen LogP contribution < -0.4 is 0 Å². The highest BCUT2D eigenvalue weighted by atomic mass is 32.2. The molecule has 2 atom stereocenters. The number of hydrogen-bond acceptors (Lipinski definition) is 2. The molecule has 0 bridgehead atoms.